The lowest BCUT2D eigenvalue weighted by Gasteiger charge is -2.20. The quantitative estimate of drug-likeness (QED) is 0.759. The van der Waals surface area contributed by atoms with E-state index in [9.17, 15) is 0 Å². The normalized spacial score (nSPS) is 11.8. The highest BCUT2D eigenvalue weighted by atomic mass is 14.8. The molecule has 102 valence electrons. The van der Waals surface area contributed by atoms with Crippen molar-refractivity contribution in [1.82, 2.24) is 5.32 Å². The van der Waals surface area contributed by atoms with Crippen molar-refractivity contribution in [1.29, 1.82) is 0 Å². The predicted octanol–water partition coefficient (Wildman–Crippen LogP) is 3.12. The van der Waals surface area contributed by atoms with Crippen LogP contribution in [0.2, 0.25) is 0 Å². The van der Waals surface area contributed by atoms with Crippen LogP contribution in [0.5, 0.6) is 0 Å². The van der Waals surface area contributed by atoms with E-state index in [0.717, 1.165) is 32.5 Å². The number of hydrogen-bond donors (Lipinski definition) is 2. The molecule has 2 heteroatoms. The monoisotopic (exact) mass is 248 g/mol. The average Bonchev–Trinajstić information content (AvgIpc) is 2.29. The summed E-state index contributed by atoms with van der Waals surface area (Å²) in [5.74, 6) is 0. The van der Waals surface area contributed by atoms with Crippen LogP contribution in [0.25, 0.3) is 0 Å². The molecule has 3 N–H and O–H groups in total. The van der Waals surface area contributed by atoms with E-state index < -0.39 is 0 Å². The second kappa shape index (κ2) is 6.91. The smallest absolute Gasteiger partial charge is 0.0208 e. The predicted molar refractivity (Wildman–Crippen MR) is 79.9 cm³/mol. The van der Waals surface area contributed by atoms with E-state index in [1.54, 1.807) is 0 Å². The van der Waals surface area contributed by atoms with Crippen molar-refractivity contribution in [3.8, 4) is 0 Å². The first-order chi connectivity index (χ1) is 8.45. The average molecular weight is 248 g/mol. The summed E-state index contributed by atoms with van der Waals surface area (Å²) in [6.45, 7) is 11.8. The molecule has 1 aromatic rings. The fourth-order valence-electron chi connectivity index (χ4n) is 1.98. The second-order valence-electron chi connectivity index (χ2n) is 6.06. The van der Waals surface area contributed by atoms with E-state index >= 15 is 0 Å². The minimum absolute atomic E-state index is 0.234. The minimum atomic E-state index is 0.234. The maximum atomic E-state index is 5.48. The van der Waals surface area contributed by atoms with Crippen LogP contribution in [0.1, 0.15) is 50.3 Å². The van der Waals surface area contributed by atoms with Crippen LogP contribution in [0.15, 0.2) is 18.2 Å². The lowest BCUT2D eigenvalue weighted by atomic mass is 9.85. The molecule has 0 amide bonds. The van der Waals surface area contributed by atoms with E-state index in [0.29, 0.717) is 0 Å². The van der Waals surface area contributed by atoms with Gasteiger partial charge in [-0.2, -0.15) is 0 Å². The van der Waals surface area contributed by atoms with Gasteiger partial charge in [-0.25, -0.2) is 0 Å². The molecule has 18 heavy (non-hydrogen) atoms. The van der Waals surface area contributed by atoms with Crippen molar-refractivity contribution in [2.24, 2.45) is 5.73 Å². The highest BCUT2D eigenvalue weighted by Crippen LogP contribution is 2.24. The number of aryl methyl sites for hydroxylation is 1. The number of rotatable bonds is 6. The number of unbranched alkanes of at least 4 members (excludes halogenated alkanes) is 1. The van der Waals surface area contributed by atoms with Crippen LogP contribution in [0, 0.1) is 6.92 Å². The maximum absolute atomic E-state index is 5.48. The fourth-order valence-corrected chi connectivity index (χ4v) is 1.98. The molecule has 1 rings (SSSR count). The molecule has 0 aliphatic heterocycles. The Morgan fingerprint density at radius 2 is 1.89 bits per heavy atom. The van der Waals surface area contributed by atoms with E-state index in [4.69, 9.17) is 5.73 Å². The van der Waals surface area contributed by atoms with Crippen LogP contribution < -0.4 is 11.1 Å². The van der Waals surface area contributed by atoms with Gasteiger partial charge in [0.2, 0.25) is 0 Å². The van der Waals surface area contributed by atoms with Crippen LogP contribution in [-0.2, 0) is 12.0 Å². The number of benzene rings is 1. The zero-order valence-corrected chi connectivity index (χ0v) is 12.3. The summed E-state index contributed by atoms with van der Waals surface area (Å²) < 4.78 is 0. The van der Waals surface area contributed by atoms with Gasteiger partial charge < -0.3 is 11.1 Å². The molecule has 0 radical (unpaired) electrons. The number of nitrogens with two attached hydrogens (primary N) is 1. The van der Waals surface area contributed by atoms with E-state index in [2.05, 4.69) is 51.2 Å². The first-order valence-corrected chi connectivity index (χ1v) is 6.96. The molecular formula is C16H28N2. The van der Waals surface area contributed by atoms with E-state index in [1.807, 2.05) is 0 Å². The molecule has 0 atom stereocenters. The van der Waals surface area contributed by atoms with Crippen molar-refractivity contribution in [3.63, 3.8) is 0 Å². The Morgan fingerprint density at radius 3 is 2.44 bits per heavy atom. The molecule has 0 aromatic heterocycles. The third-order valence-electron chi connectivity index (χ3n) is 3.33. The molecule has 1 aromatic carbocycles. The molecule has 0 spiro atoms. The maximum Gasteiger partial charge on any atom is 0.0208 e. The zero-order valence-electron chi connectivity index (χ0n) is 12.3. The third-order valence-corrected chi connectivity index (χ3v) is 3.33. The lowest BCUT2D eigenvalue weighted by Crippen LogP contribution is -2.17. The largest absolute Gasteiger partial charge is 0.330 e. The van der Waals surface area contributed by atoms with Gasteiger partial charge in [-0.05, 0) is 55.0 Å². The molecule has 0 fully saturated rings. The Balaban J connectivity index is 2.53. The van der Waals surface area contributed by atoms with Crippen molar-refractivity contribution < 1.29 is 0 Å². The summed E-state index contributed by atoms with van der Waals surface area (Å²) in [4.78, 5) is 0. The first kappa shape index (κ1) is 15.2. The van der Waals surface area contributed by atoms with Crippen LogP contribution in [0.3, 0.4) is 0 Å². The molecule has 0 heterocycles. The Labute approximate surface area is 112 Å². The van der Waals surface area contributed by atoms with E-state index in [-0.39, 0.29) is 5.41 Å². The summed E-state index contributed by atoms with van der Waals surface area (Å²) in [7, 11) is 0. The summed E-state index contributed by atoms with van der Waals surface area (Å²) in [5.41, 5.74) is 9.90. The first-order valence-electron chi connectivity index (χ1n) is 6.96. The molecule has 0 bridgehead atoms. The number of hydrogen-bond acceptors (Lipinski definition) is 2. The fraction of sp³-hybridized carbons (Fsp3) is 0.625. The lowest BCUT2D eigenvalue weighted by molar-refractivity contribution is 0.588. The van der Waals surface area contributed by atoms with Crippen LogP contribution in [0.4, 0.5) is 0 Å². The van der Waals surface area contributed by atoms with Gasteiger partial charge in [0.1, 0.15) is 0 Å². The highest BCUT2D eigenvalue weighted by molar-refractivity contribution is 5.34. The molecular weight excluding hydrogens is 220 g/mol. The van der Waals surface area contributed by atoms with Crippen LogP contribution in [-0.4, -0.2) is 13.1 Å². The van der Waals surface area contributed by atoms with Crippen molar-refractivity contribution in [2.45, 2.75) is 52.5 Å². The summed E-state index contributed by atoms with van der Waals surface area (Å²) in [6, 6.07) is 6.83. The van der Waals surface area contributed by atoms with Gasteiger partial charge in [0.25, 0.3) is 0 Å². The number of nitrogens with one attached hydrogen (secondary N) is 1. The molecule has 0 unspecified atom stereocenters. The molecule has 0 saturated heterocycles. The van der Waals surface area contributed by atoms with Gasteiger partial charge in [-0.1, -0.05) is 39.0 Å². The summed E-state index contributed by atoms with van der Waals surface area (Å²) in [5, 5.41) is 3.48. The summed E-state index contributed by atoms with van der Waals surface area (Å²) in [6.07, 6.45) is 2.27. The highest BCUT2D eigenvalue weighted by Gasteiger charge is 2.14. The summed E-state index contributed by atoms with van der Waals surface area (Å²) >= 11 is 0. The van der Waals surface area contributed by atoms with Crippen molar-refractivity contribution in [3.05, 3.63) is 34.9 Å². The Bertz CT molecular complexity index is 364. The SMILES string of the molecule is Cc1cc(C(C)(C)C)ccc1CNCCCCN. The molecule has 0 aliphatic carbocycles. The Morgan fingerprint density at radius 1 is 1.17 bits per heavy atom. The van der Waals surface area contributed by atoms with E-state index in [1.165, 1.54) is 16.7 Å². The topological polar surface area (TPSA) is 38.0 Å². The molecule has 0 aliphatic rings. The Hall–Kier alpha value is -0.860. The van der Waals surface area contributed by atoms with Gasteiger partial charge >= 0.3 is 0 Å². The van der Waals surface area contributed by atoms with Gasteiger partial charge in [0.15, 0.2) is 0 Å². The van der Waals surface area contributed by atoms with Gasteiger partial charge in [-0.3, -0.25) is 0 Å². The van der Waals surface area contributed by atoms with Gasteiger partial charge in [-0.15, -0.1) is 0 Å². The standard InChI is InChI=1S/C16H28N2/c1-13-11-15(16(2,3)4)8-7-14(13)12-18-10-6-5-9-17/h7-8,11,18H,5-6,9-10,12,17H2,1-4H3. The van der Waals surface area contributed by atoms with Crippen LogP contribution >= 0.6 is 0 Å². The van der Waals surface area contributed by atoms with Gasteiger partial charge in [0.05, 0.1) is 0 Å². The zero-order chi connectivity index (χ0) is 13.6. The minimum Gasteiger partial charge on any atom is -0.330 e. The third kappa shape index (κ3) is 4.79. The Kier molecular flexibility index (Phi) is 5.83. The van der Waals surface area contributed by atoms with Crippen molar-refractivity contribution >= 4 is 0 Å². The van der Waals surface area contributed by atoms with Crippen molar-refractivity contribution in [2.75, 3.05) is 13.1 Å². The van der Waals surface area contributed by atoms with Gasteiger partial charge in [0, 0.05) is 6.54 Å². The molecule has 2 nitrogen and oxygen atoms in total. The second-order valence-corrected chi connectivity index (χ2v) is 6.06. The molecule has 0 saturated carbocycles.